The van der Waals surface area contributed by atoms with E-state index in [1.54, 1.807) is 13.0 Å². The Hall–Kier alpha value is -1.40. The van der Waals surface area contributed by atoms with Crippen LogP contribution in [-0.2, 0) is 19.4 Å². The predicted molar refractivity (Wildman–Crippen MR) is 68.7 cm³/mol. The molecule has 0 radical (unpaired) electrons. The van der Waals surface area contributed by atoms with Crippen LogP contribution >= 0.6 is 11.6 Å². The fraction of sp³-hybridized carbons (Fsp3) is 0.273. The molecule has 1 aromatic heterocycles. The molecular weight excluding hydrogens is 278 g/mol. The van der Waals surface area contributed by atoms with E-state index in [0.717, 1.165) is 6.26 Å². The second-order valence-corrected chi connectivity index (χ2v) is 5.79. The molecule has 98 valence electrons. The molecule has 0 amide bonds. The quantitative estimate of drug-likeness (QED) is 0.479. The molecule has 1 heterocycles. The molecule has 18 heavy (non-hydrogen) atoms. The van der Waals surface area contributed by atoms with Gasteiger partial charge in [-0.1, -0.05) is 17.7 Å². The van der Waals surface area contributed by atoms with Crippen LogP contribution in [0.25, 0.3) is 6.08 Å². The number of carbonyl (C=O) groups excluding carboxylic acids is 1. The van der Waals surface area contributed by atoms with Crippen molar-refractivity contribution in [1.29, 1.82) is 0 Å². The summed E-state index contributed by atoms with van der Waals surface area (Å²) in [5, 5.41) is 0.282. The normalized spacial score (nSPS) is 12.3. The second-order valence-electron chi connectivity index (χ2n) is 3.42. The Morgan fingerprint density at radius 3 is 2.61 bits per heavy atom. The highest BCUT2D eigenvalue weighted by atomic mass is 35.5. The number of halogens is 1. The topological polar surface area (TPSA) is 73.3 Å². The minimum atomic E-state index is -3.67. The number of sulfone groups is 1. The molecule has 0 N–H and O–H groups in total. The number of hydrogen-bond donors (Lipinski definition) is 0. The molecule has 0 saturated carbocycles. The molecular formula is C11H12ClNO4S. The van der Waals surface area contributed by atoms with Gasteiger partial charge in [-0.2, -0.15) is 0 Å². The number of rotatable bonds is 4. The van der Waals surface area contributed by atoms with E-state index in [2.05, 4.69) is 4.98 Å². The maximum atomic E-state index is 11.5. The summed E-state index contributed by atoms with van der Waals surface area (Å²) in [6.07, 6.45) is 3.52. The lowest BCUT2D eigenvalue weighted by Gasteiger charge is -2.04. The summed E-state index contributed by atoms with van der Waals surface area (Å²) in [5.41, 5.74) is 0.452. The van der Waals surface area contributed by atoms with Crippen molar-refractivity contribution >= 4 is 33.5 Å². The summed E-state index contributed by atoms with van der Waals surface area (Å²) in [5.74, 6) is -0.880. The van der Waals surface area contributed by atoms with Gasteiger partial charge >= 0.3 is 5.97 Å². The van der Waals surface area contributed by atoms with Gasteiger partial charge in [-0.15, -0.1) is 0 Å². The van der Waals surface area contributed by atoms with Crippen LogP contribution in [0.15, 0.2) is 23.2 Å². The van der Waals surface area contributed by atoms with Crippen LogP contribution in [0, 0.1) is 0 Å². The van der Waals surface area contributed by atoms with Crippen LogP contribution in [0.2, 0.25) is 5.15 Å². The summed E-state index contributed by atoms with van der Waals surface area (Å²) >= 11 is 5.61. The van der Waals surface area contributed by atoms with Crippen molar-refractivity contribution in [3.8, 4) is 0 Å². The molecule has 1 rings (SSSR count). The third kappa shape index (κ3) is 4.12. The van der Waals surface area contributed by atoms with Gasteiger partial charge in [0.05, 0.1) is 6.61 Å². The summed E-state index contributed by atoms with van der Waals surface area (Å²) < 4.78 is 27.7. The minimum Gasteiger partial charge on any atom is -0.462 e. The van der Waals surface area contributed by atoms with Crippen molar-refractivity contribution in [2.75, 3.05) is 12.9 Å². The van der Waals surface area contributed by atoms with Gasteiger partial charge in [-0.05, 0) is 24.6 Å². The van der Waals surface area contributed by atoms with E-state index in [0.29, 0.717) is 5.56 Å². The smallest absolute Gasteiger partial charge is 0.349 e. The lowest BCUT2D eigenvalue weighted by molar-refractivity contribution is -0.137. The number of hydrogen-bond acceptors (Lipinski definition) is 5. The molecule has 0 spiro atoms. The lowest BCUT2D eigenvalue weighted by Crippen LogP contribution is -2.15. The van der Waals surface area contributed by atoms with E-state index < -0.39 is 20.7 Å². The zero-order valence-electron chi connectivity index (χ0n) is 9.88. The Bertz CT molecular complexity index is 563. The number of carbonyl (C=O) groups is 1. The van der Waals surface area contributed by atoms with E-state index >= 15 is 0 Å². The van der Waals surface area contributed by atoms with Crippen molar-refractivity contribution in [2.45, 2.75) is 6.92 Å². The molecule has 0 aliphatic carbocycles. The molecule has 0 aliphatic heterocycles. The molecule has 0 saturated heterocycles. The monoisotopic (exact) mass is 289 g/mol. The Balaban J connectivity index is 3.19. The van der Waals surface area contributed by atoms with Gasteiger partial charge in [0.25, 0.3) is 0 Å². The number of nitrogens with zero attached hydrogens (tertiary/aromatic N) is 1. The summed E-state index contributed by atoms with van der Waals surface area (Å²) in [7, 11) is -3.67. The molecule has 0 atom stereocenters. The van der Waals surface area contributed by atoms with Crippen LogP contribution in [-0.4, -0.2) is 32.2 Å². The number of aromatic nitrogens is 1. The van der Waals surface area contributed by atoms with Crippen LogP contribution in [0.5, 0.6) is 0 Å². The van der Waals surface area contributed by atoms with E-state index in [-0.39, 0.29) is 11.8 Å². The minimum absolute atomic E-state index is 0.102. The molecule has 0 aliphatic rings. The first kappa shape index (κ1) is 14.7. The number of ether oxygens (including phenoxy) is 1. The number of esters is 1. The SMILES string of the molecule is CCOC(=O)/C(=C\c1ccc(Cl)nc1)S(C)(=O)=O. The molecule has 7 heteroatoms. The van der Waals surface area contributed by atoms with Gasteiger partial charge in [0.1, 0.15) is 5.15 Å². The van der Waals surface area contributed by atoms with Gasteiger partial charge in [0.15, 0.2) is 14.7 Å². The largest absolute Gasteiger partial charge is 0.462 e. The third-order valence-corrected chi connectivity index (χ3v) is 3.23. The zero-order valence-corrected chi connectivity index (χ0v) is 11.5. The Morgan fingerprint density at radius 1 is 1.50 bits per heavy atom. The highest BCUT2D eigenvalue weighted by Gasteiger charge is 2.21. The van der Waals surface area contributed by atoms with Crippen LogP contribution < -0.4 is 0 Å². The van der Waals surface area contributed by atoms with Crippen molar-refractivity contribution in [2.24, 2.45) is 0 Å². The van der Waals surface area contributed by atoms with Gasteiger partial charge in [0.2, 0.25) is 0 Å². The summed E-state index contributed by atoms with van der Waals surface area (Å²) in [4.78, 5) is 14.9. The van der Waals surface area contributed by atoms with Crippen LogP contribution in [0.3, 0.4) is 0 Å². The molecule has 1 aromatic rings. The summed E-state index contributed by atoms with van der Waals surface area (Å²) in [6, 6.07) is 3.05. The molecule has 5 nitrogen and oxygen atoms in total. The van der Waals surface area contributed by atoms with E-state index in [4.69, 9.17) is 16.3 Å². The first-order valence-corrected chi connectivity index (χ1v) is 7.32. The fourth-order valence-corrected chi connectivity index (χ4v) is 1.97. The highest BCUT2D eigenvalue weighted by molar-refractivity contribution is 7.95. The average Bonchev–Trinajstić information content (AvgIpc) is 2.26. The molecule has 0 bridgehead atoms. The van der Waals surface area contributed by atoms with E-state index in [9.17, 15) is 13.2 Å². The molecule has 0 aromatic carbocycles. The highest BCUT2D eigenvalue weighted by Crippen LogP contribution is 2.14. The van der Waals surface area contributed by atoms with Crippen molar-refractivity contribution in [1.82, 2.24) is 4.98 Å². The zero-order chi connectivity index (χ0) is 13.8. The first-order chi connectivity index (χ1) is 8.34. The lowest BCUT2D eigenvalue weighted by atomic mass is 10.2. The Kier molecular flexibility index (Phi) is 4.86. The Labute approximate surface area is 110 Å². The van der Waals surface area contributed by atoms with Crippen molar-refractivity contribution in [3.05, 3.63) is 34.0 Å². The molecule has 0 unspecified atom stereocenters. The van der Waals surface area contributed by atoms with Crippen molar-refractivity contribution < 1.29 is 17.9 Å². The van der Waals surface area contributed by atoms with Crippen LogP contribution in [0.4, 0.5) is 0 Å². The van der Waals surface area contributed by atoms with Gasteiger partial charge in [-0.25, -0.2) is 18.2 Å². The van der Waals surface area contributed by atoms with E-state index in [1.807, 2.05) is 0 Å². The second kappa shape index (κ2) is 5.97. The standard InChI is InChI=1S/C11H12ClNO4S/c1-3-17-11(14)9(18(2,15)16)6-8-4-5-10(12)13-7-8/h4-7H,3H2,1-2H3/b9-6+. The van der Waals surface area contributed by atoms with E-state index in [1.165, 1.54) is 18.3 Å². The maximum Gasteiger partial charge on any atom is 0.349 e. The van der Waals surface area contributed by atoms with Gasteiger partial charge in [0, 0.05) is 12.5 Å². The van der Waals surface area contributed by atoms with Gasteiger partial charge < -0.3 is 4.74 Å². The molecule has 0 fully saturated rings. The van der Waals surface area contributed by atoms with Crippen molar-refractivity contribution in [3.63, 3.8) is 0 Å². The fourth-order valence-electron chi connectivity index (χ4n) is 1.14. The van der Waals surface area contributed by atoms with Crippen LogP contribution in [0.1, 0.15) is 12.5 Å². The van der Waals surface area contributed by atoms with Gasteiger partial charge in [-0.3, -0.25) is 0 Å². The Morgan fingerprint density at radius 2 is 2.17 bits per heavy atom. The third-order valence-electron chi connectivity index (χ3n) is 1.92. The first-order valence-electron chi connectivity index (χ1n) is 5.05. The average molecular weight is 290 g/mol. The predicted octanol–water partition coefficient (Wildman–Crippen LogP) is 1.68. The number of pyridine rings is 1. The maximum absolute atomic E-state index is 11.5. The summed E-state index contributed by atoms with van der Waals surface area (Å²) in [6.45, 7) is 1.70.